The zero-order valence-electron chi connectivity index (χ0n) is 11.9. The fourth-order valence-electron chi connectivity index (χ4n) is 2.08. The molecule has 0 saturated heterocycles. The average Bonchev–Trinajstić information content (AvgIpc) is 3.10. The Morgan fingerprint density at radius 3 is 2.52 bits per heavy atom. The Hall–Kier alpha value is -2.21. The summed E-state index contributed by atoms with van der Waals surface area (Å²) in [6.07, 6.45) is 0. The first-order valence-corrected chi connectivity index (χ1v) is 7.68. The number of hydrogen-bond acceptors (Lipinski definition) is 4. The molecule has 6 heteroatoms. The molecule has 2 heterocycles. The van der Waals surface area contributed by atoms with Crippen molar-refractivity contribution in [1.82, 2.24) is 19.8 Å². The van der Waals surface area contributed by atoms with E-state index in [2.05, 4.69) is 36.4 Å². The lowest BCUT2D eigenvalue weighted by molar-refractivity contribution is 0.631. The van der Waals surface area contributed by atoms with Gasteiger partial charge in [-0.05, 0) is 45.0 Å². The maximum absolute atomic E-state index is 12.3. The molecule has 0 atom stereocenters. The van der Waals surface area contributed by atoms with Crippen LogP contribution in [0.5, 0.6) is 0 Å². The van der Waals surface area contributed by atoms with E-state index in [1.54, 1.807) is 0 Å². The van der Waals surface area contributed by atoms with E-state index in [0.29, 0.717) is 12.5 Å². The van der Waals surface area contributed by atoms with E-state index in [-0.39, 0.29) is 5.69 Å². The van der Waals surface area contributed by atoms with E-state index in [1.807, 2.05) is 29.6 Å². The third-order valence-electron chi connectivity index (χ3n) is 3.33. The van der Waals surface area contributed by atoms with Crippen molar-refractivity contribution >= 4 is 11.3 Å². The molecule has 0 radical (unpaired) electrons. The Morgan fingerprint density at radius 1 is 1.14 bits per heavy atom. The highest BCUT2D eigenvalue weighted by molar-refractivity contribution is 7.12. The van der Waals surface area contributed by atoms with Crippen molar-refractivity contribution < 1.29 is 0 Å². The molecule has 0 saturated carbocycles. The first-order valence-electron chi connectivity index (χ1n) is 6.80. The lowest BCUT2D eigenvalue weighted by Gasteiger charge is -2.06. The Labute approximate surface area is 126 Å². The fraction of sp³-hybridized carbons (Fsp3) is 0.267. The molecule has 3 rings (SSSR count). The second kappa shape index (κ2) is 5.65. The molecular weight excluding hydrogens is 284 g/mol. The van der Waals surface area contributed by atoms with Crippen LogP contribution < -0.4 is 5.69 Å². The van der Waals surface area contributed by atoms with Crippen LogP contribution >= 0.6 is 11.3 Å². The van der Waals surface area contributed by atoms with Crippen molar-refractivity contribution in [2.24, 2.45) is 0 Å². The van der Waals surface area contributed by atoms with Crippen molar-refractivity contribution in [2.75, 3.05) is 0 Å². The molecule has 0 fully saturated rings. The monoisotopic (exact) mass is 300 g/mol. The van der Waals surface area contributed by atoms with E-state index in [4.69, 9.17) is 0 Å². The van der Waals surface area contributed by atoms with Gasteiger partial charge < -0.3 is 0 Å². The lowest BCUT2D eigenvalue weighted by atomic mass is 10.0. The van der Waals surface area contributed by atoms with Crippen LogP contribution in [0.2, 0.25) is 0 Å². The molecular formula is C15H16N4OS. The minimum absolute atomic E-state index is 0.217. The van der Waals surface area contributed by atoms with E-state index < -0.39 is 0 Å². The third-order valence-corrected chi connectivity index (χ3v) is 4.18. The number of nitrogens with zero attached hydrogens (tertiary/aromatic N) is 4. The topological polar surface area (TPSA) is 52.7 Å². The molecule has 0 aliphatic heterocycles. The van der Waals surface area contributed by atoms with Gasteiger partial charge in [0.05, 0.1) is 6.54 Å². The van der Waals surface area contributed by atoms with Gasteiger partial charge in [-0.1, -0.05) is 38.1 Å². The van der Waals surface area contributed by atoms with Crippen LogP contribution in [-0.2, 0) is 6.54 Å². The maximum atomic E-state index is 12.3. The SMILES string of the molecule is CC(C)c1ccc(Cn2nnn(-c3cccs3)c2=O)cc1. The van der Waals surface area contributed by atoms with Crippen LogP contribution in [-0.4, -0.2) is 19.8 Å². The van der Waals surface area contributed by atoms with Crippen molar-refractivity contribution in [3.8, 4) is 5.00 Å². The van der Waals surface area contributed by atoms with E-state index in [0.717, 1.165) is 10.6 Å². The van der Waals surface area contributed by atoms with Gasteiger partial charge >= 0.3 is 5.69 Å². The normalized spacial score (nSPS) is 11.2. The molecule has 0 bridgehead atoms. The molecule has 0 amide bonds. The zero-order valence-corrected chi connectivity index (χ0v) is 12.7. The van der Waals surface area contributed by atoms with Gasteiger partial charge in [0.2, 0.25) is 0 Å². The Morgan fingerprint density at radius 2 is 1.90 bits per heavy atom. The molecule has 1 aromatic carbocycles. The smallest absolute Gasteiger partial charge is 0.244 e. The number of aromatic nitrogens is 4. The summed E-state index contributed by atoms with van der Waals surface area (Å²) in [6.45, 7) is 4.75. The zero-order chi connectivity index (χ0) is 14.8. The largest absolute Gasteiger partial charge is 0.369 e. The summed E-state index contributed by atoms with van der Waals surface area (Å²) in [4.78, 5) is 12.3. The van der Waals surface area contributed by atoms with Gasteiger partial charge in [0.25, 0.3) is 0 Å². The second-order valence-corrected chi connectivity index (χ2v) is 6.10. The highest BCUT2D eigenvalue weighted by Crippen LogP contribution is 2.15. The van der Waals surface area contributed by atoms with Gasteiger partial charge in [0.1, 0.15) is 5.00 Å². The summed E-state index contributed by atoms with van der Waals surface area (Å²) < 4.78 is 2.71. The first-order chi connectivity index (χ1) is 10.1. The number of benzene rings is 1. The maximum Gasteiger partial charge on any atom is 0.369 e. The molecule has 0 aliphatic rings. The van der Waals surface area contributed by atoms with Gasteiger partial charge in [0.15, 0.2) is 0 Å². The standard InChI is InChI=1S/C15H16N4OS/c1-11(2)13-7-5-12(6-8-13)10-18-15(20)19(17-16-18)14-4-3-9-21-14/h3-9,11H,10H2,1-2H3. The molecule has 0 spiro atoms. The van der Waals surface area contributed by atoms with Gasteiger partial charge in [-0.15, -0.1) is 11.3 Å². The molecule has 3 aromatic rings. The molecule has 2 aromatic heterocycles. The van der Waals surface area contributed by atoms with Crippen molar-refractivity contribution in [1.29, 1.82) is 0 Å². The van der Waals surface area contributed by atoms with Crippen LogP contribution in [0.3, 0.4) is 0 Å². The molecule has 0 unspecified atom stereocenters. The van der Waals surface area contributed by atoms with Crippen LogP contribution in [0.4, 0.5) is 0 Å². The Balaban J connectivity index is 1.84. The lowest BCUT2D eigenvalue weighted by Crippen LogP contribution is -2.24. The van der Waals surface area contributed by atoms with E-state index in [1.165, 1.54) is 26.3 Å². The molecule has 5 nitrogen and oxygen atoms in total. The predicted molar refractivity (Wildman–Crippen MR) is 83.1 cm³/mol. The van der Waals surface area contributed by atoms with Crippen LogP contribution in [0.25, 0.3) is 5.00 Å². The van der Waals surface area contributed by atoms with Crippen LogP contribution in [0.1, 0.15) is 30.9 Å². The van der Waals surface area contributed by atoms with Crippen molar-refractivity contribution in [3.63, 3.8) is 0 Å². The summed E-state index contributed by atoms with van der Waals surface area (Å²) in [7, 11) is 0. The fourth-order valence-corrected chi connectivity index (χ4v) is 2.75. The van der Waals surface area contributed by atoms with Gasteiger partial charge in [-0.3, -0.25) is 0 Å². The van der Waals surface area contributed by atoms with Gasteiger partial charge in [0, 0.05) is 0 Å². The third kappa shape index (κ3) is 2.80. The minimum atomic E-state index is -0.217. The number of tetrazole rings is 1. The van der Waals surface area contributed by atoms with E-state index in [9.17, 15) is 4.79 Å². The highest BCUT2D eigenvalue weighted by Gasteiger charge is 2.10. The Kier molecular flexibility index (Phi) is 3.70. The summed E-state index contributed by atoms with van der Waals surface area (Å²) in [6, 6.07) is 12.0. The summed E-state index contributed by atoms with van der Waals surface area (Å²) in [5, 5.41) is 10.6. The molecule has 108 valence electrons. The van der Waals surface area contributed by atoms with Crippen molar-refractivity contribution in [2.45, 2.75) is 26.3 Å². The van der Waals surface area contributed by atoms with Gasteiger partial charge in [-0.2, -0.15) is 9.36 Å². The van der Waals surface area contributed by atoms with E-state index >= 15 is 0 Å². The van der Waals surface area contributed by atoms with Crippen LogP contribution in [0.15, 0.2) is 46.6 Å². The first kappa shape index (κ1) is 13.8. The predicted octanol–water partition coefficient (Wildman–Crippen LogP) is 2.66. The van der Waals surface area contributed by atoms with Crippen molar-refractivity contribution in [3.05, 3.63) is 63.4 Å². The average molecular weight is 300 g/mol. The molecule has 0 aliphatic carbocycles. The summed E-state index contributed by atoms with van der Waals surface area (Å²) in [5.41, 5.74) is 2.11. The Bertz CT molecular complexity index is 769. The van der Waals surface area contributed by atoms with Crippen LogP contribution in [0, 0.1) is 0 Å². The molecule has 0 N–H and O–H groups in total. The second-order valence-electron chi connectivity index (χ2n) is 5.18. The quantitative estimate of drug-likeness (QED) is 0.744. The molecule has 21 heavy (non-hydrogen) atoms. The number of rotatable bonds is 4. The van der Waals surface area contributed by atoms with Gasteiger partial charge in [-0.25, -0.2) is 4.79 Å². The highest BCUT2D eigenvalue weighted by atomic mass is 32.1. The summed E-state index contributed by atoms with van der Waals surface area (Å²) >= 11 is 1.46. The summed E-state index contributed by atoms with van der Waals surface area (Å²) in [5.74, 6) is 0.501. The number of hydrogen-bond donors (Lipinski definition) is 0. The minimum Gasteiger partial charge on any atom is -0.244 e. The number of thiophene rings is 1.